The smallest absolute Gasteiger partial charge is 0.337 e. The number of anilines is 1. The number of aromatic carboxylic acids is 1. The lowest BCUT2D eigenvalue weighted by atomic mass is 9.97. The molecule has 0 saturated carbocycles. The van der Waals surface area contributed by atoms with E-state index in [0.717, 1.165) is 6.20 Å². The molecule has 1 aliphatic heterocycles. The first-order valence-corrected chi connectivity index (χ1v) is 6.36. The molecule has 1 unspecified atom stereocenters. The Balaban J connectivity index is 2.02. The molecule has 0 radical (unpaired) electrons. The molecule has 1 aromatic rings. The monoisotopic (exact) mass is 306 g/mol. The lowest BCUT2D eigenvalue weighted by Gasteiger charge is -2.31. The van der Waals surface area contributed by atoms with Crippen molar-refractivity contribution in [3.05, 3.63) is 22.8 Å². The lowest BCUT2D eigenvalue weighted by Crippen LogP contribution is -2.41. The molecule has 2 rings (SSSR count). The third-order valence-electron chi connectivity index (χ3n) is 3.10. The van der Waals surface area contributed by atoms with E-state index in [-0.39, 0.29) is 42.6 Å². The largest absolute Gasteiger partial charge is 0.478 e. The van der Waals surface area contributed by atoms with Crippen molar-refractivity contribution < 1.29 is 23.4 Å². The van der Waals surface area contributed by atoms with Gasteiger partial charge in [0.05, 0.1) is 29.7 Å². The average molecular weight is 307 g/mol. The molecule has 1 fully saturated rings. The van der Waals surface area contributed by atoms with Gasteiger partial charge in [0.1, 0.15) is 5.82 Å². The fraction of sp³-hybridized carbons (Fsp3) is 0.500. The minimum absolute atomic E-state index is 0.0369. The number of alkyl halides is 2. The van der Waals surface area contributed by atoms with Gasteiger partial charge in [-0.2, -0.15) is 0 Å². The number of hydrogen-bond acceptors (Lipinski definition) is 4. The molecule has 1 aromatic heterocycles. The highest BCUT2D eigenvalue weighted by atomic mass is 35.5. The van der Waals surface area contributed by atoms with Crippen molar-refractivity contribution in [3.63, 3.8) is 0 Å². The van der Waals surface area contributed by atoms with Gasteiger partial charge < -0.3 is 15.2 Å². The zero-order valence-electron chi connectivity index (χ0n) is 10.4. The highest BCUT2D eigenvalue weighted by Crippen LogP contribution is 2.32. The fourth-order valence-corrected chi connectivity index (χ4v) is 2.11. The third-order valence-corrected chi connectivity index (χ3v) is 3.39. The summed E-state index contributed by atoms with van der Waals surface area (Å²) >= 11 is 5.86. The van der Waals surface area contributed by atoms with Crippen LogP contribution in [0.1, 0.15) is 16.8 Å². The van der Waals surface area contributed by atoms with Crippen molar-refractivity contribution in [2.24, 2.45) is 5.92 Å². The summed E-state index contributed by atoms with van der Waals surface area (Å²) in [4.78, 5) is 14.5. The molecule has 0 spiro atoms. The van der Waals surface area contributed by atoms with E-state index in [9.17, 15) is 13.6 Å². The number of ether oxygens (including phenoxy) is 1. The van der Waals surface area contributed by atoms with Crippen LogP contribution in [0.4, 0.5) is 14.6 Å². The van der Waals surface area contributed by atoms with Gasteiger partial charge in [-0.1, -0.05) is 11.6 Å². The second-order valence-electron chi connectivity index (χ2n) is 4.52. The number of carboxylic acids is 1. The van der Waals surface area contributed by atoms with Crippen LogP contribution in [0.5, 0.6) is 0 Å². The maximum Gasteiger partial charge on any atom is 0.337 e. The summed E-state index contributed by atoms with van der Waals surface area (Å²) in [6.45, 7) is -0.0349. The zero-order valence-corrected chi connectivity index (χ0v) is 11.2. The van der Waals surface area contributed by atoms with Crippen molar-refractivity contribution in [2.75, 3.05) is 25.1 Å². The SMILES string of the molecule is O=C(O)c1cnc(NCC2COCCC2(F)F)c(Cl)c1. The van der Waals surface area contributed by atoms with E-state index in [2.05, 4.69) is 10.3 Å². The topological polar surface area (TPSA) is 71.5 Å². The molecule has 1 atom stereocenters. The van der Waals surface area contributed by atoms with Gasteiger partial charge in [-0.15, -0.1) is 0 Å². The normalized spacial score (nSPS) is 21.4. The maximum absolute atomic E-state index is 13.6. The van der Waals surface area contributed by atoms with Crippen LogP contribution in [0.2, 0.25) is 5.02 Å². The van der Waals surface area contributed by atoms with Crippen LogP contribution < -0.4 is 5.32 Å². The molecular formula is C12H13ClF2N2O3. The Bertz CT molecular complexity index is 513. The van der Waals surface area contributed by atoms with Crippen LogP contribution in [0.3, 0.4) is 0 Å². The molecule has 0 amide bonds. The third kappa shape index (κ3) is 3.34. The molecule has 2 N–H and O–H groups in total. The predicted molar refractivity (Wildman–Crippen MR) is 68.6 cm³/mol. The zero-order chi connectivity index (χ0) is 14.8. The van der Waals surface area contributed by atoms with Crippen molar-refractivity contribution in [2.45, 2.75) is 12.3 Å². The van der Waals surface area contributed by atoms with Crippen LogP contribution >= 0.6 is 11.6 Å². The highest BCUT2D eigenvalue weighted by Gasteiger charge is 2.42. The molecule has 2 heterocycles. The Morgan fingerprint density at radius 3 is 3.00 bits per heavy atom. The van der Waals surface area contributed by atoms with Gasteiger partial charge >= 0.3 is 5.97 Å². The summed E-state index contributed by atoms with van der Waals surface area (Å²) in [5.74, 6) is -4.73. The van der Waals surface area contributed by atoms with E-state index in [4.69, 9.17) is 21.4 Å². The van der Waals surface area contributed by atoms with Gasteiger partial charge in [-0.3, -0.25) is 0 Å². The standard InChI is InChI=1S/C12H13ClF2N2O3/c13-9-3-7(11(18)19)4-16-10(9)17-5-8-6-20-2-1-12(8,14)15/h3-4,8H,1-2,5-6H2,(H,16,17)(H,18,19). The Hall–Kier alpha value is -1.47. The first-order valence-electron chi connectivity index (χ1n) is 5.98. The Morgan fingerprint density at radius 2 is 2.40 bits per heavy atom. The van der Waals surface area contributed by atoms with Gasteiger partial charge in [0, 0.05) is 19.2 Å². The number of halogens is 3. The molecule has 20 heavy (non-hydrogen) atoms. The second-order valence-corrected chi connectivity index (χ2v) is 4.93. The number of rotatable bonds is 4. The molecule has 0 aliphatic carbocycles. The van der Waals surface area contributed by atoms with Gasteiger partial charge in [0.2, 0.25) is 0 Å². The number of nitrogens with zero attached hydrogens (tertiary/aromatic N) is 1. The second kappa shape index (κ2) is 5.88. The van der Waals surface area contributed by atoms with Gasteiger partial charge in [0.25, 0.3) is 5.92 Å². The fourth-order valence-electron chi connectivity index (χ4n) is 1.87. The summed E-state index contributed by atoms with van der Waals surface area (Å²) in [6, 6.07) is 1.22. The van der Waals surface area contributed by atoms with Gasteiger partial charge in [-0.05, 0) is 6.07 Å². The van der Waals surface area contributed by atoms with Crippen LogP contribution in [-0.4, -0.2) is 41.7 Å². The minimum atomic E-state index is -2.79. The van der Waals surface area contributed by atoms with E-state index in [1.165, 1.54) is 6.07 Å². The van der Waals surface area contributed by atoms with Crippen molar-refractivity contribution >= 4 is 23.4 Å². The average Bonchev–Trinajstić information content (AvgIpc) is 2.38. The number of nitrogens with one attached hydrogen (secondary N) is 1. The number of carboxylic acid groups (broad SMARTS) is 1. The van der Waals surface area contributed by atoms with E-state index in [1.54, 1.807) is 0 Å². The molecule has 1 saturated heterocycles. The number of carbonyl (C=O) groups is 1. The minimum Gasteiger partial charge on any atom is -0.478 e. The first-order chi connectivity index (χ1) is 9.40. The predicted octanol–water partition coefficient (Wildman–Crippen LogP) is 2.52. The summed E-state index contributed by atoms with van der Waals surface area (Å²) in [7, 11) is 0. The Morgan fingerprint density at radius 1 is 1.65 bits per heavy atom. The van der Waals surface area contributed by atoms with Crippen LogP contribution in [0.25, 0.3) is 0 Å². The molecular weight excluding hydrogens is 294 g/mol. The van der Waals surface area contributed by atoms with Crippen molar-refractivity contribution in [3.8, 4) is 0 Å². The Kier molecular flexibility index (Phi) is 4.39. The quantitative estimate of drug-likeness (QED) is 0.894. The van der Waals surface area contributed by atoms with Crippen LogP contribution in [0, 0.1) is 5.92 Å². The number of aromatic nitrogens is 1. The summed E-state index contributed by atoms with van der Waals surface area (Å²) in [5, 5.41) is 11.6. The van der Waals surface area contributed by atoms with E-state index in [1.807, 2.05) is 0 Å². The molecule has 5 nitrogen and oxygen atoms in total. The highest BCUT2D eigenvalue weighted by molar-refractivity contribution is 6.33. The summed E-state index contributed by atoms with van der Waals surface area (Å²) in [6.07, 6.45) is 0.810. The number of hydrogen-bond donors (Lipinski definition) is 2. The van der Waals surface area contributed by atoms with Gasteiger partial charge in [0.15, 0.2) is 0 Å². The molecule has 0 bridgehead atoms. The van der Waals surface area contributed by atoms with Crippen molar-refractivity contribution in [1.29, 1.82) is 0 Å². The van der Waals surface area contributed by atoms with E-state index in [0.29, 0.717) is 0 Å². The Labute approximate surface area is 118 Å². The molecule has 110 valence electrons. The van der Waals surface area contributed by atoms with E-state index < -0.39 is 17.8 Å². The maximum atomic E-state index is 13.6. The van der Waals surface area contributed by atoms with Crippen LogP contribution in [-0.2, 0) is 4.74 Å². The number of pyridine rings is 1. The first kappa shape index (κ1) is 14.9. The summed E-state index contributed by atoms with van der Waals surface area (Å²) < 4.78 is 32.2. The van der Waals surface area contributed by atoms with Crippen LogP contribution in [0.15, 0.2) is 12.3 Å². The van der Waals surface area contributed by atoms with Crippen molar-refractivity contribution in [1.82, 2.24) is 4.98 Å². The lowest BCUT2D eigenvalue weighted by molar-refractivity contribution is -0.136. The summed E-state index contributed by atoms with van der Waals surface area (Å²) in [5.41, 5.74) is -0.0631. The molecule has 1 aliphatic rings. The molecule has 0 aromatic carbocycles. The molecule has 8 heteroatoms. The van der Waals surface area contributed by atoms with Gasteiger partial charge in [-0.25, -0.2) is 18.6 Å². The van der Waals surface area contributed by atoms with E-state index >= 15 is 0 Å².